The van der Waals surface area contributed by atoms with Crippen LogP contribution in [0.2, 0.25) is 0 Å². The van der Waals surface area contributed by atoms with E-state index in [0.717, 1.165) is 11.1 Å². The summed E-state index contributed by atoms with van der Waals surface area (Å²) in [5.74, 6) is -0.616. The molecule has 0 aliphatic heterocycles. The fraction of sp³-hybridized carbons (Fsp3) is 0.111. The van der Waals surface area contributed by atoms with Crippen molar-refractivity contribution >= 4 is 11.8 Å². The topological polar surface area (TPSA) is 75.2 Å². The zero-order valence-corrected chi connectivity index (χ0v) is 18.0. The first-order valence-corrected chi connectivity index (χ1v) is 10.7. The number of hydrogen-bond acceptors (Lipinski definition) is 4. The number of carbonyl (C=O) groups excluding carboxylic acids is 2. The second kappa shape index (κ2) is 10.8. The lowest BCUT2D eigenvalue weighted by molar-refractivity contribution is -0.126. The van der Waals surface area contributed by atoms with Gasteiger partial charge in [-0.25, -0.2) is 0 Å². The highest BCUT2D eigenvalue weighted by Gasteiger charge is 2.32. The van der Waals surface area contributed by atoms with Gasteiger partial charge in [-0.3, -0.25) is 19.6 Å². The van der Waals surface area contributed by atoms with Gasteiger partial charge in [0.1, 0.15) is 11.7 Å². The zero-order chi connectivity index (χ0) is 22.9. The summed E-state index contributed by atoms with van der Waals surface area (Å²) in [6.45, 7) is 0.599. The minimum Gasteiger partial charge on any atom is -0.350 e. The van der Waals surface area contributed by atoms with E-state index in [2.05, 4.69) is 15.3 Å². The summed E-state index contributed by atoms with van der Waals surface area (Å²) in [4.78, 5) is 37.1. The lowest BCUT2D eigenvalue weighted by Crippen LogP contribution is -2.43. The first-order valence-electron chi connectivity index (χ1n) is 10.7. The maximum absolute atomic E-state index is 13.6. The maximum atomic E-state index is 13.6. The van der Waals surface area contributed by atoms with Gasteiger partial charge in [-0.2, -0.15) is 0 Å². The van der Waals surface area contributed by atoms with E-state index >= 15 is 0 Å². The molecule has 0 saturated heterocycles. The molecule has 0 aliphatic carbocycles. The predicted molar refractivity (Wildman–Crippen MR) is 126 cm³/mol. The summed E-state index contributed by atoms with van der Waals surface area (Å²) >= 11 is 0. The van der Waals surface area contributed by atoms with Crippen LogP contribution in [0, 0.1) is 0 Å². The summed E-state index contributed by atoms with van der Waals surface area (Å²) in [6, 6.07) is 27.1. The molecule has 1 atom stereocenters. The van der Waals surface area contributed by atoms with Crippen LogP contribution in [-0.4, -0.2) is 26.7 Å². The Morgan fingerprint density at radius 3 is 2.12 bits per heavy atom. The van der Waals surface area contributed by atoms with E-state index in [1.165, 1.54) is 0 Å². The number of benzene rings is 2. The molecular formula is C27H24N4O2. The molecule has 4 aromatic rings. The zero-order valence-electron chi connectivity index (χ0n) is 18.0. The van der Waals surface area contributed by atoms with Gasteiger partial charge in [-0.1, -0.05) is 72.8 Å². The standard InChI is InChI=1S/C27H24N4O2/c32-26(30-18-21-10-3-1-4-11-21)25(23-14-9-16-28-19-23)31(20-22-12-5-2-6-13-22)27(33)24-15-7-8-17-29-24/h1-17,19,25H,18,20H2,(H,30,32). The van der Waals surface area contributed by atoms with Crippen molar-refractivity contribution in [2.45, 2.75) is 19.1 Å². The minimum absolute atomic E-state index is 0.245. The van der Waals surface area contributed by atoms with Crippen molar-refractivity contribution < 1.29 is 9.59 Å². The molecule has 2 aromatic carbocycles. The molecule has 2 heterocycles. The molecule has 6 nitrogen and oxygen atoms in total. The molecule has 1 unspecified atom stereocenters. The van der Waals surface area contributed by atoms with E-state index in [1.54, 1.807) is 47.8 Å². The number of rotatable bonds is 8. The summed E-state index contributed by atoms with van der Waals surface area (Å²) in [6.07, 6.45) is 4.84. The van der Waals surface area contributed by atoms with Crippen LogP contribution in [0.3, 0.4) is 0 Å². The summed E-state index contributed by atoms with van der Waals surface area (Å²) in [7, 11) is 0. The highest BCUT2D eigenvalue weighted by Crippen LogP contribution is 2.25. The third kappa shape index (κ3) is 5.68. The normalized spacial score (nSPS) is 11.4. The van der Waals surface area contributed by atoms with E-state index in [1.807, 2.05) is 66.7 Å². The molecule has 6 heteroatoms. The highest BCUT2D eigenvalue weighted by atomic mass is 16.2. The Morgan fingerprint density at radius 1 is 0.788 bits per heavy atom. The minimum atomic E-state index is -0.878. The number of aromatic nitrogens is 2. The number of hydrogen-bond donors (Lipinski definition) is 1. The number of pyridine rings is 2. The Labute approximate surface area is 192 Å². The van der Waals surface area contributed by atoms with Crippen LogP contribution in [0.15, 0.2) is 110 Å². The van der Waals surface area contributed by atoms with Crippen molar-refractivity contribution in [2.24, 2.45) is 0 Å². The lowest BCUT2D eigenvalue weighted by atomic mass is 10.0. The fourth-order valence-electron chi connectivity index (χ4n) is 3.59. The molecule has 164 valence electrons. The van der Waals surface area contributed by atoms with Gasteiger partial charge < -0.3 is 10.2 Å². The molecule has 4 rings (SSSR count). The van der Waals surface area contributed by atoms with E-state index < -0.39 is 6.04 Å². The van der Waals surface area contributed by atoms with Gasteiger partial charge in [0, 0.05) is 37.2 Å². The smallest absolute Gasteiger partial charge is 0.273 e. The number of nitrogens with one attached hydrogen (secondary N) is 1. The van der Waals surface area contributed by atoms with Gasteiger partial charge in [-0.15, -0.1) is 0 Å². The van der Waals surface area contributed by atoms with Crippen LogP contribution in [-0.2, 0) is 17.9 Å². The van der Waals surface area contributed by atoms with Crippen LogP contribution < -0.4 is 5.32 Å². The average molecular weight is 437 g/mol. The highest BCUT2D eigenvalue weighted by molar-refractivity contribution is 5.96. The molecule has 33 heavy (non-hydrogen) atoms. The number of carbonyl (C=O) groups is 2. The van der Waals surface area contributed by atoms with Crippen molar-refractivity contribution in [1.82, 2.24) is 20.2 Å². The van der Waals surface area contributed by atoms with Crippen molar-refractivity contribution in [2.75, 3.05) is 0 Å². The van der Waals surface area contributed by atoms with Crippen LogP contribution in [0.1, 0.15) is 33.2 Å². The molecular weight excluding hydrogens is 412 g/mol. The van der Waals surface area contributed by atoms with Gasteiger partial charge >= 0.3 is 0 Å². The average Bonchev–Trinajstić information content (AvgIpc) is 2.89. The quantitative estimate of drug-likeness (QED) is 0.450. The molecule has 2 amide bonds. The van der Waals surface area contributed by atoms with Gasteiger partial charge in [0.2, 0.25) is 5.91 Å². The third-order valence-corrected chi connectivity index (χ3v) is 5.21. The summed E-state index contributed by atoms with van der Waals surface area (Å²) in [5.41, 5.74) is 2.79. The monoisotopic (exact) mass is 436 g/mol. The molecule has 0 bridgehead atoms. The Kier molecular flexibility index (Phi) is 7.18. The first kappa shape index (κ1) is 21.9. The van der Waals surface area contributed by atoms with Crippen molar-refractivity contribution in [3.8, 4) is 0 Å². The molecule has 0 fully saturated rings. The molecule has 0 saturated carbocycles. The van der Waals surface area contributed by atoms with Crippen molar-refractivity contribution in [3.05, 3.63) is 132 Å². The number of nitrogens with zero attached hydrogens (tertiary/aromatic N) is 3. The van der Waals surface area contributed by atoms with Gasteiger partial charge in [-0.05, 0) is 29.3 Å². The van der Waals surface area contributed by atoms with Crippen LogP contribution in [0.4, 0.5) is 0 Å². The van der Waals surface area contributed by atoms with Gasteiger partial charge in [0.05, 0.1) is 0 Å². The van der Waals surface area contributed by atoms with Crippen molar-refractivity contribution in [3.63, 3.8) is 0 Å². The van der Waals surface area contributed by atoms with Crippen LogP contribution in [0.25, 0.3) is 0 Å². The molecule has 2 aromatic heterocycles. The SMILES string of the molecule is O=C(NCc1ccccc1)C(c1cccnc1)N(Cc1ccccc1)C(=O)c1ccccn1. The molecule has 0 radical (unpaired) electrons. The molecule has 1 N–H and O–H groups in total. The molecule has 0 aliphatic rings. The Morgan fingerprint density at radius 2 is 1.48 bits per heavy atom. The Hall–Kier alpha value is -4.32. The fourth-order valence-corrected chi connectivity index (χ4v) is 3.59. The second-order valence-electron chi connectivity index (χ2n) is 7.53. The molecule has 0 spiro atoms. The van der Waals surface area contributed by atoms with Gasteiger partial charge in [0.25, 0.3) is 5.91 Å². The largest absolute Gasteiger partial charge is 0.350 e. The van der Waals surface area contributed by atoms with Crippen LogP contribution >= 0.6 is 0 Å². The Bertz CT molecular complexity index is 1170. The van der Waals surface area contributed by atoms with Crippen molar-refractivity contribution in [1.29, 1.82) is 0 Å². The van der Waals surface area contributed by atoms with Gasteiger partial charge in [0.15, 0.2) is 0 Å². The van der Waals surface area contributed by atoms with E-state index in [4.69, 9.17) is 0 Å². The summed E-state index contributed by atoms with van der Waals surface area (Å²) in [5, 5.41) is 2.99. The third-order valence-electron chi connectivity index (χ3n) is 5.21. The second-order valence-corrected chi connectivity index (χ2v) is 7.53. The predicted octanol–water partition coefficient (Wildman–Crippen LogP) is 4.18. The lowest BCUT2D eigenvalue weighted by Gasteiger charge is -2.31. The van der Waals surface area contributed by atoms with E-state index in [9.17, 15) is 9.59 Å². The van der Waals surface area contributed by atoms with E-state index in [-0.39, 0.29) is 24.1 Å². The van der Waals surface area contributed by atoms with Crippen LogP contribution in [0.5, 0.6) is 0 Å². The Balaban J connectivity index is 1.70. The maximum Gasteiger partial charge on any atom is 0.273 e. The summed E-state index contributed by atoms with van der Waals surface area (Å²) < 4.78 is 0. The number of amides is 2. The van der Waals surface area contributed by atoms with E-state index in [0.29, 0.717) is 12.1 Å². The first-order chi connectivity index (χ1) is 16.2.